The van der Waals surface area contributed by atoms with Crippen molar-refractivity contribution >= 4 is 5.71 Å². The van der Waals surface area contributed by atoms with Gasteiger partial charge in [0.2, 0.25) is 0 Å². The molecule has 2 nitrogen and oxygen atoms in total. The Balaban J connectivity index is 1.68. The van der Waals surface area contributed by atoms with Crippen LogP contribution in [0.15, 0.2) is 59.6 Å². The summed E-state index contributed by atoms with van der Waals surface area (Å²) in [4.78, 5) is 4.34. The van der Waals surface area contributed by atoms with Crippen molar-refractivity contribution < 1.29 is 9.13 Å². The topological polar surface area (TPSA) is 21.6 Å². The molecule has 0 spiro atoms. The van der Waals surface area contributed by atoms with Crippen molar-refractivity contribution in [3.05, 3.63) is 77.1 Å². The van der Waals surface area contributed by atoms with Crippen molar-refractivity contribution in [1.29, 1.82) is 0 Å². The van der Waals surface area contributed by atoms with Gasteiger partial charge in [0.05, 0.1) is 12.3 Å². The highest BCUT2D eigenvalue weighted by Gasteiger charge is 2.27. The lowest BCUT2D eigenvalue weighted by atomic mass is 9.79. The first kappa shape index (κ1) is 15.1. The van der Waals surface area contributed by atoms with Crippen LogP contribution >= 0.6 is 0 Å². The molecule has 2 aliphatic rings. The lowest BCUT2D eigenvalue weighted by Crippen LogP contribution is -2.13. The van der Waals surface area contributed by atoms with Gasteiger partial charge in [0, 0.05) is 11.1 Å². The molecule has 0 radical (unpaired) electrons. The van der Waals surface area contributed by atoms with Gasteiger partial charge in [-0.05, 0) is 36.5 Å². The number of ether oxygens (including phenoxy) is 1. The highest BCUT2D eigenvalue weighted by molar-refractivity contribution is 6.10. The van der Waals surface area contributed by atoms with E-state index in [0.29, 0.717) is 36.1 Å². The van der Waals surface area contributed by atoms with Gasteiger partial charge in [-0.2, -0.15) is 0 Å². The van der Waals surface area contributed by atoms with Gasteiger partial charge in [0.15, 0.2) is 11.6 Å². The van der Waals surface area contributed by atoms with Crippen LogP contribution < -0.4 is 4.74 Å². The molecular formula is C21H20FNO. The maximum Gasteiger partial charge on any atom is 0.174 e. The molecule has 1 aliphatic heterocycles. The molecule has 1 saturated carbocycles. The van der Waals surface area contributed by atoms with E-state index in [-0.39, 0.29) is 5.82 Å². The zero-order valence-electron chi connectivity index (χ0n) is 13.5. The van der Waals surface area contributed by atoms with Crippen LogP contribution in [0.5, 0.6) is 5.75 Å². The van der Waals surface area contributed by atoms with Crippen molar-refractivity contribution in [3.8, 4) is 5.75 Å². The lowest BCUT2D eigenvalue weighted by Gasteiger charge is -2.28. The maximum atomic E-state index is 15.2. The molecule has 0 atom stereocenters. The molecule has 24 heavy (non-hydrogen) atoms. The predicted octanol–water partition coefficient (Wildman–Crippen LogP) is 5.03. The fraction of sp³-hybridized carbons (Fsp3) is 0.286. The summed E-state index contributed by atoms with van der Waals surface area (Å²) in [7, 11) is 0. The molecule has 0 N–H and O–H groups in total. The van der Waals surface area contributed by atoms with Crippen LogP contribution in [0.1, 0.15) is 41.9 Å². The Bertz CT molecular complexity index is 791. The third kappa shape index (κ3) is 2.86. The minimum absolute atomic E-state index is 0.277. The molecule has 0 aromatic heterocycles. The van der Waals surface area contributed by atoms with E-state index in [0.717, 1.165) is 24.0 Å². The smallest absolute Gasteiger partial charge is 0.174 e. The molecule has 1 fully saturated rings. The molecule has 4 rings (SSSR count). The van der Waals surface area contributed by atoms with Gasteiger partial charge in [0.25, 0.3) is 0 Å². The average Bonchev–Trinajstić information content (AvgIpc) is 3.08. The minimum Gasteiger partial charge on any atom is -0.486 e. The van der Waals surface area contributed by atoms with Crippen molar-refractivity contribution in [2.75, 3.05) is 6.54 Å². The zero-order valence-corrected chi connectivity index (χ0v) is 13.5. The number of allylic oxidation sites excluding steroid dienone is 1. The van der Waals surface area contributed by atoms with E-state index in [4.69, 9.17) is 4.74 Å². The summed E-state index contributed by atoms with van der Waals surface area (Å²) in [5.74, 6) is 0.546. The number of nitrogens with zero attached hydrogens (tertiary/aromatic N) is 1. The van der Waals surface area contributed by atoms with Gasteiger partial charge < -0.3 is 4.74 Å². The number of rotatable bonds is 5. The summed E-state index contributed by atoms with van der Waals surface area (Å²) >= 11 is 0. The molecule has 1 heterocycles. The third-order valence-corrected chi connectivity index (χ3v) is 4.82. The van der Waals surface area contributed by atoms with E-state index in [9.17, 15) is 0 Å². The standard InChI is InChI=1S/C21H20FNO/c22-20-18(19-10-5-13-23-19)12-11-17(16-8-4-9-16)21(20)24-14-15-6-2-1-3-7-15/h1-3,5-7,10-12,16H,4,8-9,13-14H2. The van der Waals surface area contributed by atoms with E-state index < -0.39 is 0 Å². The highest BCUT2D eigenvalue weighted by atomic mass is 19.1. The normalized spacial score (nSPS) is 16.8. The van der Waals surface area contributed by atoms with Crippen LogP contribution in [-0.4, -0.2) is 12.3 Å². The monoisotopic (exact) mass is 321 g/mol. The van der Waals surface area contributed by atoms with Crippen LogP contribution in [0.4, 0.5) is 4.39 Å². The molecule has 0 bridgehead atoms. The van der Waals surface area contributed by atoms with E-state index >= 15 is 4.39 Å². The van der Waals surface area contributed by atoms with Crippen molar-refractivity contribution in [2.45, 2.75) is 31.8 Å². The number of benzene rings is 2. The first-order chi connectivity index (χ1) is 11.8. The van der Waals surface area contributed by atoms with Crippen LogP contribution in [-0.2, 0) is 6.61 Å². The lowest BCUT2D eigenvalue weighted by molar-refractivity contribution is 0.278. The second kappa shape index (κ2) is 6.60. The minimum atomic E-state index is -0.277. The van der Waals surface area contributed by atoms with Crippen molar-refractivity contribution in [2.24, 2.45) is 4.99 Å². The molecule has 0 amide bonds. The number of hydrogen-bond acceptors (Lipinski definition) is 2. The van der Waals surface area contributed by atoms with Gasteiger partial charge in [0.1, 0.15) is 6.61 Å². The summed E-state index contributed by atoms with van der Waals surface area (Å²) < 4.78 is 21.1. The van der Waals surface area contributed by atoms with Gasteiger partial charge in [-0.25, -0.2) is 4.39 Å². The van der Waals surface area contributed by atoms with Crippen LogP contribution in [0.25, 0.3) is 0 Å². The fourth-order valence-corrected chi connectivity index (χ4v) is 3.23. The summed E-state index contributed by atoms with van der Waals surface area (Å²) in [6.45, 7) is 1.00. The SMILES string of the molecule is Fc1c(C2=NCC=C2)ccc(C2CCC2)c1OCc1ccccc1. The summed E-state index contributed by atoms with van der Waals surface area (Å²) in [6, 6.07) is 13.8. The number of hydrogen-bond donors (Lipinski definition) is 0. The Labute approximate surface area is 141 Å². The average molecular weight is 321 g/mol. The van der Waals surface area contributed by atoms with Crippen LogP contribution in [0.3, 0.4) is 0 Å². The Kier molecular flexibility index (Phi) is 4.16. The first-order valence-electron chi connectivity index (χ1n) is 8.53. The Morgan fingerprint density at radius 2 is 1.92 bits per heavy atom. The second-order valence-corrected chi connectivity index (χ2v) is 6.38. The van der Waals surface area contributed by atoms with Gasteiger partial charge >= 0.3 is 0 Å². The van der Waals surface area contributed by atoms with Crippen LogP contribution in [0, 0.1) is 5.82 Å². The van der Waals surface area contributed by atoms with Crippen LogP contribution in [0.2, 0.25) is 0 Å². The molecule has 0 unspecified atom stereocenters. The summed E-state index contributed by atoms with van der Waals surface area (Å²) in [5, 5.41) is 0. The Hall–Kier alpha value is -2.42. The number of halogens is 1. The number of aliphatic imine (C=N–C) groups is 1. The van der Waals surface area contributed by atoms with E-state index in [1.165, 1.54) is 6.42 Å². The van der Waals surface area contributed by atoms with Gasteiger partial charge in [-0.3, -0.25) is 4.99 Å². The maximum absolute atomic E-state index is 15.2. The van der Waals surface area contributed by atoms with Gasteiger partial charge in [-0.1, -0.05) is 48.9 Å². The first-order valence-corrected chi connectivity index (χ1v) is 8.53. The van der Waals surface area contributed by atoms with Crippen molar-refractivity contribution in [1.82, 2.24) is 0 Å². The molecule has 2 aromatic rings. The molecule has 3 heteroatoms. The molecule has 1 aliphatic carbocycles. The van der Waals surface area contributed by atoms with E-state index in [2.05, 4.69) is 4.99 Å². The zero-order chi connectivity index (χ0) is 16.4. The summed E-state index contributed by atoms with van der Waals surface area (Å²) in [6.07, 6.45) is 7.26. The Morgan fingerprint density at radius 3 is 2.58 bits per heavy atom. The Morgan fingerprint density at radius 1 is 1.08 bits per heavy atom. The van der Waals surface area contributed by atoms with E-state index in [1.807, 2.05) is 54.6 Å². The van der Waals surface area contributed by atoms with Gasteiger partial charge in [-0.15, -0.1) is 0 Å². The van der Waals surface area contributed by atoms with Crippen molar-refractivity contribution in [3.63, 3.8) is 0 Å². The molecule has 2 aromatic carbocycles. The molecule has 122 valence electrons. The quantitative estimate of drug-likeness (QED) is 0.757. The summed E-state index contributed by atoms with van der Waals surface area (Å²) in [5.41, 5.74) is 3.29. The largest absolute Gasteiger partial charge is 0.486 e. The van der Waals surface area contributed by atoms with E-state index in [1.54, 1.807) is 0 Å². The highest BCUT2D eigenvalue weighted by Crippen LogP contribution is 2.42. The third-order valence-electron chi connectivity index (χ3n) is 4.82. The predicted molar refractivity (Wildman–Crippen MR) is 94.3 cm³/mol. The molecular weight excluding hydrogens is 301 g/mol. The second-order valence-electron chi connectivity index (χ2n) is 6.38. The molecule has 0 saturated heterocycles. The fourth-order valence-electron chi connectivity index (χ4n) is 3.23.